The third kappa shape index (κ3) is 4.49. The summed E-state index contributed by atoms with van der Waals surface area (Å²) in [5.41, 5.74) is 2.03. The van der Waals surface area contributed by atoms with Gasteiger partial charge in [0, 0.05) is 17.8 Å². The van der Waals surface area contributed by atoms with E-state index in [-0.39, 0.29) is 25.3 Å². The molecule has 1 aliphatic rings. The summed E-state index contributed by atoms with van der Waals surface area (Å²) in [4.78, 5) is 12.0. The van der Waals surface area contributed by atoms with Gasteiger partial charge in [-0.05, 0) is 37.5 Å². The van der Waals surface area contributed by atoms with Gasteiger partial charge in [0.25, 0.3) is 0 Å². The minimum Gasteiger partial charge on any atom is -0.454 e. The Balaban J connectivity index is 1.40. The van der Waals surface area contributed by atoms with E-state index in [0.29, 0.717) is 17.2 Å². The Labute approximate surface area is 142 Å². The largest absolute Gasteiger partial charge is 0.454 e. The number of nitrogens with one attached hydrogen (secondary N) is 2. The third-order valence-corrected chi connectivity index (χ3v) is 3.98. The van der Waals surface area contributed by atoms with E-state index in [1.165, 1.54) is 5.56 Å². The Hall–Kier alpha value is -2.53. The van der Waals surface area contributed by atoms with Gasteiger partial charge in [0.2, 0.25) is 12.7 Å². The number of amides is 1. The molecule has 1 heterocycles. The second-order valence-corrected chi connectivity index (χ2v) is 5.92. The standard InChI is InChI=1S/C19H22N2O3/c1-14(7-8-15-5-3-2-4-6-15)20-12-19(22)21-16-9-10-17-18(11-16)24-13-23-17/h2-6,9-11,14,20H,7-8,12-13H2,1H3,(H,21,22)/t14-/m1/s1. The Bertz CT molecular complexity index is 688. The van der Waals surface area contributed by atoms with Gasteiger partial charge in [-0.3, -0.25) is 4.79 Å². The fourth-order valence-corrected chi connectivity index (χ4v) is 2.58. The van der Waals surface area contributed by atoms with Crippen molar-refractivity contribution in [2.24, 2.45) is 0 Å². The number of carbonyl (C=O) groups is 1. The van der Waals surface area contributed by atoms with E-state index in [4.69, 9.17) is 9.47 Å². The van der Waals surface area contributed by atoms with Gasteiger partial charge >= 0.3 is 0 Å². The molecule has 1 amide bonds. The van der Waals surface area contributed by atoms with Crippen LogP contribution < -0.4 is 20.1 Å². The van der Waals surface area contributed by atoms with E-state index >= 15 is 0 Å². The van der Waals surface area contributed by atoms with E-state index in [0.717, 1.165) is 12.8 Å². The summed E-state index contributed by atoms with van der Waals surface area (Å²) < 4.78 is 10.6. The van der Waals surface area contributed by atoms with Gasteiger partial charge in [-0.2, -0.15) is 0 Å². The van der Waals surface area contributed by atoms with Crippen molar-refractivity contribution in [3.63, 3.8) is 0 Å². The lowest BCUT2D eigenvalue weighted by molar-refractivity contribution is -0.115. The monoisotopic (exact) mass is 326 g/mol. The first-order chi connectivity index (χ1) is 11.7. The van der Waals surface area contributed by atoms with Crippen LogP contribution in [0.4, 0.5) is 5.69 Å². The Kier molecular flexibility index (Phi) is 5.33. The Morgan fingerprint density at radius 2 is 1.92 bits per heavy atom. The van der Waals surface area contributed by atoms with Gasteiger partial charge in [-0.25, -0.2) is 0 Å². The van der Waals surface area contributed by atoms with E-state index in [1.807, 2.05) is 24.3 Å². The zero-order chi connectivity index (χ0) is 16.8. The zero-order valence-corrected chi connectivity index (χ0v) is 13.7. The van der Waals surface area contributed by atoms with Crippen molar-refractivity contribution in [3.8, 4) is 11.5 Å². The highest BCUT2D eigenvalue weighted by atomic mass is 16.7. The SMILES string of the molecule is C[C@H](CCc1ccccc1)NCC(=O)Nc1ccc2c(c1)OCO2. The molecule has 0 unspecified atom stereocenters. The maximum Gasteiger partial charge on any atom is 0.238 e. The quantitative estimate of drug-likeness (QED) is 0.821. The summed E-state index contributed by atoms with van der Waals surface area (Å²) in [6, 6.07) is 16.0. The van der Waals surface area contributed by atoms with Crippen molar-refractivity contribution in [2.75, 3.05) is 18.7 Å². The highest BCUT2D eigenvalue weighted by molar-refractivity contribution is 5.92. The van der Waals surface area contributed by atoms with Gasteiger partial charge in [-0.15, -0.1) is 0 Å². The molecule has 0 aromatic heterocycles. The van der Waals surface area contributed by atoms with Crippen LogP contribution in [-0.4, -0.2) is 25.3 Å². The predicted octanol–water partition coefficient (Wildman–Crippen LogP) is 2.96. The first-order valence-corrected chi connectivity index (χ1v) is 8.17. The molecular formula is C19H22N2O3. The molecule has 2 aromatic rings. The molecule has 5 heteroatoms. The molecule has 1 aliphatic heterocycles. The first-order valence-electron chi connectivity index (χ1n) is 8.17. The van der Waals surface area contributed by atoms with Crippen molar-refractivity contribution in [3.05, 3.63) is 54.1 Å². The molecule has 0 saturated carbocycles. The van der Waals surface area contributed by atoms with Gasteiger partial charge in [0.15, 0.2) is 11.5 Å². The average Bonchev–Trinajstić information content (AvgIpc) is 3.07. The van der Waals surface area contributed by atoms with Crippen LogP contribution in [0.3, 0.4) is 0 Å². The van der Waals surface area contributed by atoms with Crippen LogP contribution in [0, 0.1) is 0 Å². The van der Waals surface area contributed by atoms with Gasteiger partial charge in [-0.1, -0.05) is 30.3 Å². The summed E-state index contributed by atoms with van der Waals surface area (Å²) in [6.45, 7) is 2.61. The van der Waals surface area contributed by atoms with Gasteiger partial charge in [0.1, 0.15) is 0 Å². The van der Waals surface area contributed by atoms with Gasteiger partial charge < -0.3 is 20.1 Å². The van der Waals surface area contributed by atoms with Crippen LogP contribution in [0.5, 0.6) is 11.5 Å². The molecule has 0 saturated heterocycles. The molecule has 0 bridgehead atoms. The van der Waals surface area contributed by atoms with E-state index in [9.17, 15) is 4.79 Å². The van der Waals surface area contributed by atoms with E-state index in [2.05, 4.69) is 29.7 Å². The maximum atomic E-state index is 12.0. The summed E-state index contributed by atoms with van der Waals surface area (Å²) in [5, 5.41) is 6.12. The number of aryl methyl sites for hydroxylation is 1. The number of hydrogen-bond acceptors (Lipinski definition) is 4. The van der Waals surface area contributed by atoms with Crippen LogP contribution in [0.1, 0.15) is 18.9 Å². The van der Waals surface area contributed by atoms with Crippen molar-refractivity contribution in [1.29, 1.82) is 0 Å². The van der Waals surface area contributed by atoms with Crippen LogP contribution >= 0.6 is 0 Å². The lowest BCUT2D eigenvalue weighted by atomic mass is 10.1. The lowest BCUT2D eigenvalue weighted by Crippen LogP contribution is -2.34. The molecule has 5 nitrogen and oxygen atoms in total. The molecule has 0 aliphatic carbocycles. The van der Waals surface area contributed by atoms with Crippen molar-refractivity contribution < 1.29 is 14.3 Å². The fraction of sp³-hybridized carbons (Fsp3) is 0.316. The first kappa shape index (κ1) is 16.3. The van der Waals surface area contributed by atoms with E-state index in [1.54, 1.807) is 12.1 Å². The third-order valence-electron chi connectivity index (χ3n) is 3.98. The van der Waals surface area contributed by atoms with Crippen LogP contribution in [0.25, 0.3) is 0 Å². The predicted molar refractivity (Wildman–Crippen MR) is 93.4 cm³/mol. The highest BCUT2D eigenvalue weighted by Crippen LogP contribution is 2.34. The maximum absolute atomic E-state index is 12.0. The number of rotatable bonds is 7. The Morgan fingerprint density at radius 3 is 2.75 bits per heavy atom. The minimum absolute atomic E-state index is 0.0690. The molecule has 3 rings (SSSR count). The van der Waals surface area contributed by atoms with Crippen molar-refractivity contribution in [1.82, 2.24) is 5.32 Å². The second kappa shape index (κ2) is 7.84. The molecular weight excluding hydrogens is 304 g/mol. The Morgan fingerprint density at radius 1 is 1.12 bits per heavy atom. The fourth-order valence-electron chi connectivity index (χ4n) is 2.58. The smallest absolute Gasteiger partial charge is 0.238 e. The molecule has 0 radical (unpaired) electrons. The van der Waals surface area contributed by atoms with Crippen LogP contribution in [-0.2, 0) is 11.2 Å². The second-order valence-electron chi connectivity index (χ2n) is 5.92. The zero-order valence-electron chi connectivity index (χ0n) is 13.7. The number of anilines is 1. The molecule has 0 fully saturated rings. The minimum atomic E-state index is -0.0690. The molecule has 24 heavy (non-hydrogen) atoms. The van der Waals surface area contributed by atoms with Crippen molar-refractivity contribution in [2.45, 2.75) is 25.8 Å². The average molecular weight is 326 g/mol. The van der Waals surface area contributed by atoms with Crippen LogP contribution in [0.15, 0.2) is 48.5 Å². The van der Waals surface area contributed by atoms with E-state index < -0.39 is 0 Å². The molecule has 126 valence electrons. The summed E-state index contributed by atoms with van der Waals surface area (Å²) in [7, 11) is 0. The number of benzene rings is 2. The molecule has 0 spiro atoms. The number of hydrogen-bond donors (Lipinski definition) is 2. The summed E-state index contributed by atoms with van der Waals surface area (Å²) in [5.74, 6) is 1.30. The van der Waals surface area contributed by atoms with Crippen molar-refractivity contribution >= 4 is 11.6 Å². The topological polar surface area (TPSA) is 59.6 Å². The number of ether oxygens (including phenoxy) is 2. The number of fused-ring (bicyclic) bond motifs is 1. The number of carbonyl (C=O) groups excluding carboxylic acids is 1. The molecule has 1 atom stereocenters. The van der Waals surface area contributed by atoms with Gasteiger partial charge in [0.05, 0.1) is 6.54 Å². The lowest BCUT2D eigenvalue weighted by Gasteiger charge is -2.14. The molecule has 2 aromatic carbocycles. The highest BCUT2D eigenvalue weighted by Gasteiger charge is 2.14. The van der Waals surface area contributed by atoms with Crippen LogP contribution in [0.2, 0.25) is 0 Å². The summed E-state index contributed by atoms with van der Waals surface area (Å²) >= 11 is 0. The normalized spacial score (nSPS) is 13.5. The molecule has 2 N–H and O–H groups in total. The summed E-state index contributed by atoms with van der Waals surface area (Å²) in [6.07, 6.45) is 1.99.